The molecule has 1 amide bonds. The van der Waals surface area contributed by atoms with Crippen LogP contribution in [-0.4, -0.2) is 51.4 Å². The van der Waals surface area contributed by atoms with Crippen LogP contribution in [0.15, 0.2) is 41.1 Å². The van der Waals surface area contributed by atoms with Gasteiger partial charge in [0.2, 0.25) is 11.8 Å². The van der Waals surface area contributed by atoms with Gasteiger partial charge in [-0.25, -0.2) is 9.97 Å². The zero-order valence-corrected chi connectivity index (χ0v) is 19.2. The van der Waals surface area contributed by atoms with Gasteiger partial charge in [0.1, 0.15) is 22.5 Å². The molecule has 2 N–H and O–H groups in total. The van der Waals surface area contributed by atoms with Gasteiger partial charge in [0, 0.05) is 41.2 Å². The van der Waals surface area contributed by atoms with Crippen molar-refractivity contribution in [1.29, 1.82) is 0 Å². The van der Waals surface area contributed by atoms with E-state index in [9.17, 15) is 9.90 Å². The number of hydrogen-bond acceptors (Lipinski definition) is 8. The predicted molar refractivity (Wildman–Crippen MR) is 127 cm³/mol. The minimum absolute atomic E-state index is 0.00244. The third-order valence-electron chi connectivity index (χ3n) is 7.29. The molecule has 3 aliphatic rings. The van der Waals surface area contributed by atoms with Gasteiger partial charge >= 0.3 is 0 Å². The van der Waals surface area contributed by atoms with E-state index in [2.05, 4.69) is 15.3 Å². The molecule has 1 atom stereocenters. The third-order valence-corrected chi connectivity index (χ3v) is 7.29. The van der Waals surface area contributed by atoms with Gasteiger partial charge in [-0.1, -0.05) is 6.07 Å². The molecule has 7 rings (SSSR count). The summed E-state index contributed by atoms with van der Waals surface area (Å²) < 4.78 is 17.3. The number of nitrogens with one attached hydrogen (secondary N) is 1. The fourth-order valence-corrected chi connectivity index (χ4v) is 5.02. The number of carbonyl (C=O) groups excluding carboxylic acids is 1. The van der Waals surface area contributed by atoms with E-state index in [1.54, 1.807) is 12.4 Å². The molecule has 0 unspecified atom stereocenters. The second-order valence-corrected chi connectivity index (χ2v) is 10.0. The van der Waals surface area contributed by atoms with Crippen LogP contribution in [0.25, 0.3) is 33.3 Å². The number of oxazole rings is 1. The summed E-state index contributed by atoms with van der Waals surface area (Å²) in [6.45, 7) is 3.16. The predicted octanol–water partition coefficient (Wildman–Crippen LogP) is 3.47. The highest BCUT2D eigenvalue weighted by Gasteiger charge is 2.53. The molecule has 35 heavy (non-hydrogen) atoms. The molecule has 0 radical (unpaired) electrons. The maximum Gasteiger partial charge on any atom is 0.229 e. The first kappa shape index (κ1) is 20.9. The normalized spacial score (nSPS) is 23.1. The van der Waals surface area contributed by atoms with E-state index in [4.69, 9.17) is 18.9 Å². The number of amides is 1. The lowest BCUT2D eigenvalue weighted by Crippen LogP contribution is -2.49. The Bertz CT molecular complexity index is 1510. The van der Waals surface area contributed by atoms with Gasteiger partial charge in [0.05, 0.1) is 25.4 Å². The van der Waals surface area contributed by atoms with E-state index in [-0.39, 0.29) is 24.0 Å². The summed E-state index contributed by atoms with van der Waals surface area (Å²) in [5, 5.41) is 15.9. The minimum Gasteiger partial charge on any atom is -0.436 e. The van der Waals surface area contributed by atoms with Gasteiger partial charge in [-0.3, -0.25) is 9.78 Å². The van der Waals surface area contributed by atoms with Crippen LogP contribution in [0.5, 0.6) is 0 Å². The molecule has 3 aromatic heterocycles. The third kappa shape index (κ3) is 3.42. The van der Waals surface area contributed by atoms with E-state index in [0.717, 1.165) is 34.9 Å². The van der Waals surface area contributed by atoms with Crippen LogP contribution in [0.4, 0.5) is 5.82 Å². The lowest BCUT2D eigenvalue weighted by atomic mass is 9.84. The molecule has 3 fully saturated rings. The number of rotatable bonds is 4. The molecule has 1 aliphatic carbocycles. The quantitative estimate of drug-likeness (QED) is 0.463. The van der Waals surface area contributed by atoms with Crippen molar-refractivity contribution < 1.29 is 23.8 Å². The molecule has 4 aromatic rings. The van der Waals surface area contributed by atoms with Crippen molar-refractivity contribution >= 4 is 33.6 Å². The summed E-state index contributed by atoms with van der Waals surface area (Å²) in [5.41, 5.74) is 2.06. The number of pyridine rings is 2. The maximum atomic E-state index is 12.2. The molecular formula is C26H24N4O5. The number of anilines is 1. The molecule has 9 nitrogen and oxygen atoms in total. The van der Waals surface area contributed by atoms with Gasteiger partial charge in [-0.05, 0) is 43.5 Å². The molecule has 2 saturated heterocycles. The average molecular weight is 473 g/mol. The zero-order chi connectivity index (χ0) is 23.8. The van der Waals surface area contributed by atoms with Crippen molar-refractivity contribution in [3.8, 4) is 11.5 Å². The number of fused-ring (bicyclic) bond motifs is 2. The Labute approximate surface area is 200 Å². The Morgan fingerprint density at radius 3 is 2.71 bits per heavy atom. The van der Waals surface area contributed by atoms with Gasteiger partial charge in [-0.2, -0.15) is 0 Å². The Morgan fingerprint density at radius 2 is 1.97 bits per heavy atom. The summed E-state index contributed by atoms with van der Waals surface area (Å²) in [7, 11) is 0. The van der Waals surface area contributed by atoms with Crippen LogP contribution >= 0.6 is 0 Å². The van der Waals surface area contributed by atoms with Gasteiger partial charge in [0.15, 0.2) is 5.58 Å². The van der Waals surface area contributed by atoms with E-state index < -0.39 is 5.60 Å². The van der Waals surface area contributed by atoms with E-state index in [0.29, 0.717) is 48.0 Å². The molecule has 2 aliphatic heterocycles. The number of aromatic nitrogens is 3. The number of nitrogens with zero attached hydrogens (tertiary/aromatic N) is 3. The van der Waals surface area contributed by atoms with Crippen LogP contribution in [-0.2, 0) is 19.9 Å². The van der Waals surface area contributed by atoms with Crippen molar-refractivity contribution in [3.63, 3.8) is 0 Å². The lowest BCUT2D eigenvalue weighted by molar-refractivity contribution is -0.184. The van der Waals surface area contributed by atoms with Crippen molar-refractivity contribution in [1.82, 2.24) is 15.0 Å². The summed E-state index contributed by atoms with van der Waals surface area (Å²) in [5.74, 6) is 1.00. The fraction of sp³-hybridized carbons (Fsp3) is 0.385. The fourth-order valence-electron chi connectivity index (χ4n) is 5.02. The second-order valence-electron chi connectivity index (χ2n) is 10.0. The standard InChI is InChI=1S/C26H24N4O5/c1-14-18-8-28-22(30-23(31)15-2-3-15)7-17(18)19(9-27-14)24-29-20-6-16(4-5-21(20)35-24)26(32)10-25(34-13-26)11-33-12-25/h4-9,15,32H,2-3,10-13H2,1H3,(H,28,30,31)/t26-/m0/s1. The number of aryl methyl sites for hydroxylation is 1. The van der Waals surface area contributed by atoms with Crippen LogP contribution in [0.3, 0.4) is 0 Å². The molecule has 5 heterocycles. The summed E-state index contributed by atoms with van der Waals surface area (Å²) in [6.07, 6.45) is 5.79. The summed E-state index contributed by atoms with van der Waals surface area (Å²) in [6, 6.07) is 7.39. The molecule has 1 saturated carbocycles. The summed E-state index contributed by atoms with van der Waals surface area (Å²) in [4.78, 5) is 25.9. The summed E-state index contributed by atoms with van der Waals surface area (Å²) >= 11 is 0. The number of ether oxygens (including phenoxy) is 2. The number of aliphatic hydroxyl groups is 1. The van der Waals surface area contributed by atoms with Gasteiger partial charge in [0.25, 0.3) is 0 Å². The largest absolute Gasteiger partial charge is 0.436 e. The van der Waals surface area contributed by atoms with Crippen LogP contribution < -0.4 is 5.32 Å². The highest BCUT2D eigenvalue weighted by Crippen LogP contribution is 2.44. The number of hydrogen-bond donors (Lipinski definition) is 2. The highest BCUT2D eigenvalue weighted by molar-refractivity contribution is 6.00. The average Bonchev–Trinajstić information content (AvgIpc) is 3.49. The number of carbonyl (C=O) groups is 1. The van der Waals surface area contributed by atoms with Crippen LogP contribution in [0.1, 0.15) is 30.5 Å². The molecule has 1 aromatic carbocycles. The monoisotopic (exact) mass is 472 g/mol. The molecule has 9 heteroatoms. The van der Waals surface area contributed by atoms with Crippen molar-refractivity contribution in [2.75, 3.05) is 25.1 Å². The first-order valence-corrected chi connectivity index (χ1v) is 11.8. The zero-order valence-electron chi connectivity index (χ0n) is 19.2. The van der Waals surface area contributed by atoms with Crippen LogP contribution in [0.2, 0.25) is 0 Å². The van der Waals surface area contributed by atoms with E-state index >= 15 is 0 Å². The molecular weight excluding hydrogens is 448 g/mol. The molecule has 1 spiro atoms. The topological polar surface area (TPSA) is 120 Å². The van der Waals surface area contributed by atoms with E-state index in [1.807, 2.05) is 31.2 Å². The first-order valence-electron chi connectivity index (χ1n) is 11.8. The van der Waals surface area contributed by atoms with Crippen LogP contribution in [0, 0.1) is 12.8 Å². The second kappa shape index (κ2) is 7.30. The number of benzene rings is 1. The van der Waals surface area contributed by atoms with Crippen molar-refractivity contribution in [2.45, 2.75) is 37.4 Å². The lowest BCUT2D eigenvalue weighted by Gasteiger charge is -2.37. The highest BCUT2D eigenvalue weighted by atomic mass is 16.6. The first-order chi connectivity index (χ1) is 16.9. The Morgan fingerprint density at radius 1 is 1.11 bits per heavy atom. The Kier molecular flexibility index (Phi) is 4.37. The molecule has 0 bridgehead atoms. The maximum absolute atomic E-state index is 12.2. The van der Waals surface area contributed by atoms with Gasteiger partial charge < -0.3 is 24.3 Å². The minimum atomic E-state index is -1.09. The Hall–Kier alpha value is -3.40. The van der Waals surface area contributed by atoms with Crippen molar-refractivity contribution in [3.05, 3.63) is 47.9 Å². The smallest absolute Gasteiger partial charge is 0.229 e. The van der Waals surface area contributed by atoms with Gasteiger partial charge in [-0.15, -0.1) is 0 Å². The molecule has 178 valence electrons. The SMILES string of the molecule is Cc1ncc(-c2nc3cc([C@@]4(O)COC5(COC5)C4)ccc3o2)c2cc(NC(=O)C3CC3)ncc12. The Balaban J connectivity index is 1.27. The van der Waals surface area contributed by atoms with E-state index in [1.165, 1.54) is 0 Å². The van der Waals surface area contributed by atoms with Crippen molar-refractivity contribution in [2.24, 2.45) is 5.92 Å².